The van der Waals surface area contributed by atoms with Gasteiger partial charge in [0.2, 0.25) is 0 Å². The number of aromatic amines is 1. The molecule has 0 aliphatic carbocycles. The van der Waals surface area contributed by atoms with E-state index in [0.717, 1.165) is 31.6 Å². The molecule has 1 atom stereocenters. The van der Waals surface area contributed by atoms with Gasteiger partial charge in [0.05, 0.1) is 0 Å². The number of aromatic nitrogens is 2. The summed E-state index contributed by atoms with van der Waals surface area (Å²) < 4.78 is 0. The van der Waals surface area contributed by atoms with E-state index >= 15 is 0 Å². The van der Waals surface area contributed by atoms with Crippen molar-refractivity contribution in [3.8, 4) is 0 Å². The summed E-state index contributed by atoms with van der Waals surface area (Å²) >= 11 is 0. The van der Waals surface area contributed by atoms with Crippen LogP contribution in [0.2, 0.25) is 0 Å². The van der Waals surface area contributed by atoms with Crippen molar-refractivity contribution in [3.05, 3.63) is 17.5 Å². The van der Waals surface area contributed by atoms with Crippen LogP contribution in [0.4, 0.5) is 0 Å². The average molecular weight is 195 g/mol. The minimum Gasteiger partial charge on any atom is -0.476 e. The predicted molar refractivity (Wildman–Crippen MR) is 50.2 cm³/mol. The van der Waals surface area contributed by atoms with E-state index in [2.05, 4.69) is 15.5 Å². The van der Waals surface area contributed by atoms with Gasteiger partial charge in [-0.3, -0.25) is 5.10 Å². The summed E-state index contributed by atoms with van der Waals surface area (Å²) in [6, 6.07) is 1.61. The van der Waals surface area contributed by atoms with E-state index in [4.69, 9.17) is 5.11 Å². The second-order valence-corrected chi connectivity index (χ2v) is 3.65. The fourth-order valence-corrected chi connectivity index (χ4v) is 1.78. The zero-order valence-electron chi connectivity index (χ0n) is 7.79. The quantitative estimate of drug-likeness (QED) is 0.646. The number of H-pyrrole nitrogens is 1. The van der Waals surface area contributed by atoms with Gasteiger partial charge in [-0.05, 0) is 37.9 Å². The average Bonchev–Trinajstić information content (AvgIpc) is 2.75. The van der Waals surface area contributed by atoms with Crippen LogP contribution in [0.1, 0.15) is 22.6 Å². The van der Waals surface area contributed by atoms with Crippen LogP contribution in [-0.2, 0) is 6.42 Å². The van der Waals surface area contributed by atoms with Crippen molar-refractivity contribution in [1.29, 1.82) is 0 Å². The molecule has 0 saturated carbocycles. The molecule has 1 aliphatic heterocycles. The molecule has 0 spiro atoms. The maximum absolute atomic E-state index is 10.6. The van der Waals surface area contributed by atoms with Crippen LogP contribution >= 0.6 is 0 Å². The molecule has 2 heterocycles. The van der Waals surface area contributed by atoms with Crippen LogP contribution in [-0.4, -0.2) is 34.4 Å². The number of carboxylic acid groups (broad SMARTS) is 1. The predicted octanol–water partition coefficient (Wildman–Crippen LogP) is 0.260. The molecule has 1 aliphatic rings. The van der Waals surface area contributed by atoms with E-state index in [1.54, 1.807) is 6.07 Å². The summed E-state index contributed by atoms with van der Waals surface area (Å²) in [5.41, 5.74) is 1.02. The number of hydrogen-bond acceptors (Lipinski definition) is 3. The molecular formula is C9H13N3O2. The normalized spacial score (nSPS) is 21.3. The molecule has 1 aromatic heterocycles. The van der Waals surface area contributed by atoms with Crippen molar-refractivity contribution in [2.45, 2.75) is 12.8 Å². The molecule has 14 heavy (non-hydrogen) atoms. The summed E-state index contributed by atoms with van der Waals surface area (Å²) in [6.07, 6.45) is 2.04. The third-order valence-electron chi connectivity index (χ3n) is 2.52. The second kappa shape index (κ2) is 3.79. The lowest BCUT2D eigenvalue weighted by molar-refractivity contribution is 0.0690. The van der Waals surface area contributed by atoms with Gasteiger partial charge in [-0.15, -0.1) is 0 Å². The van der Waals surface area contributed by atoms with Gasteiger partial charge in [0.1, 0.15) is 0 Å². The highest BCUT2D eigenvalue weighted by Gasteiger charge is 2.17. The van der Waals surface area contributed by atoms with E-state index in [9.17, 15) is 4.79 Å². The summed E-state index contributed by atoms with van der Waals surface area (Å²) in [7, 11) is 0. The van der Waals surface area contributed by atoms with Crippen molar-refractivity contribution in [2.24, 2.45) is 5.92 Å². The van der Waals surface area contributed by atoms with Crippen LogP contribution in [0.25, 0.3) is 0 Å². The smallest absolute Gasteiger partial charge is 0.356 e. The largest absolute Gasteiger partial charge is 0.476 e. The highest BCUT2D eigenvalue weighted by atomic mass is 16.4. The van der Waals surface area contributed by atoms with E-state index in [1.165, 1.54) is 0 Å². The topological polar surface area (TPSA) is 78.0 Å². The molecule has 1 saturated heterocycles. The first-order valence-corrected chi connectivity index (χ1v) is 4.74. The maximum Gasteiger partial charge on any atom is 0.356 e. The fourth-order valence-electron chi connectivity index (χ4n) is 1.78. The number of nitrogens with zero attached hydrogens (tertiary/aromatic N) is 1. The minimum absolute atomic E-state index is 0.103. The summed E-state index contributed by atoms with van der Waals surface area (Å²) in [6.45, 7) is 2.08. The van der Waals surface area contributed by atoms with Gasteiger partial charge in [-0.25, -0.2) is 4.79 Å². The van der Waals surface area contributed by atoms with Crippen molar-refractivity contribution in [1.82, 2.24) is 15.5 Å². The highest BCUT2D eigenvalue weighted by Crippen LogP contribution is 2.14. The van der Waals surface area contributed by atoms with E-state index in [-0.39, 0.29) is 5.69 Å². The van der Waals surface area contributed by atoms with Gasteiger partial charge in [-0.1, -0.05) is 0 Å². The molecule has 5 nitrogen and oxygen atoms in total. The second-order valence-electron chi connectivity index (χ2n) is 3.65. The lowest BCUT2D eigenvalue weighted by Gasteiger charge is -2.04. The van der Waals surface area contributed by atoms with Crippen LogP contribution in [0, 0.1) is 5.92 Å². The molecule has 0 radical (unpaired) electrons. The number of aromatic carboxylic acids is 1. The SMILES string of the molecule is O=C(O)c1cc(CC2CCNC2)[nH]n1. The Bertz CT molecular complexity index is 329. The van der Waals surface area contributed by atoms with E-state index in [0.29, 0.717) is 5.92 Å². The number of carboxylic acids is 1. The van der Waals surface area contributed by atoms with Gasteiger partial charge < -0.3 is 10.4 Å². The lowest BCUT2D eigenvalue weighted by Crippen LogP contribution is -2.10. The Morgan fingerprint density at radius 2 is 2.57 bits per heavy atom. The minimum atomic E-state index is -0.975. The van der Waals surface area contributed by atoms with Gasteiger partial charge in [0, 0.05) is 5.69 Å². The lowest BCUT2D eigenvalue weighted by atomic mass is 10.0. The number of rotatable bonds is 3. The molecule has 76 valence electrons. The molecule has 5 heteroatoms. The molecular weight excluding hydrogens is 182 g/mol. The van der Waals surface area contributed by atoms with Crippen molar-refractivity contribution in [2.75, 3.05) is 13.1 Å². The van der Waals surface area contributed by atoms with Gasteiger partial charge in [0.25, 0.3) is 0 Å². The zero-order chi connectivity index (χ0) is 9.97. The molecule has 0 aromatic carbocycles. The van der Waals surface area contributed by atoms with Crippen LogP contribution in [0.5, 0.6) is 0 Å². The first-order valence-electron chi connectivity index (χ1n) is 4.74. The molecule has 1 unspecified atom stereocenters. The standard InChI is InChI=1S/C9H13N3O2/c13-9(14)8-4-7(11-12-8)3-6-1-2-10-5-6/h4,6,10H,1-3,5H2,(H,11,12)(H,13,14). The third-order valence-corrected chi connectivity index (χ3v) is 2.52. The van der Waals surface area contributed by atoms with Crippen LogP contribution in [0.15, 0.2) is 6.07 Å². The first kappa shape index (κ1) is 9.21. The monoisotopic (exact) mass is 195 g/mol. The highest BCUT2D eigenvalue weighted by molar-refractivity contribution is 5.85. The van der Waals surface area contributed by atoms with Gasteiger partial charge in [-0.2, -0.15) is 5.10 Å². The van der Waals surface area contributed by atoms with Crippen molar-refractivity contribution >= 4 is 5.97 Å². The van der Waals surface area contributed by atoms with Crippen molar-refractivity contribution < 1.29 is 9.90 Å². The summed E-state index contributed by atoms with van der Waals surface area (Å²) in [5, 5.41) is 18.4. The number of nitrogens with one attached hydrogen (secondary N) is 2. The maximum atomic E-state index is 10.6. The van der Waals surface area contributed by atoms with E-state index < -0.39 is 5.97 Å². The molecule has 1 aromatic rings. The first-order chi connectivity index (χ1) is 6.75. The number of hydrogen-bond donors (Lipinski definition) is 3. The summed E-state index contributed by atoms with van der Waals surface area (Å²) in [4.78, 5) is 10.6. The third kappa shape index (κ3) is 1.93. The Labute approximate surface area is 81.5 Å². The molecule has 1 fully saturated rings. The summed E-state index contributed by atoms with van der Waals surface area (Å²) in [5.74, 6) is -0.367. The Kier molecular flexibility index (Phi) is 2.49. The Morgan fingerprint density at radius 3 is 3.14 bits per heavy atom. The Morgan fingerprint density at radius 1 is 1.71 bits per heavy atom. The molecule has 0 bridgehead atoms. The fraction of sp³-hybridized carbons (Fsp3) is 0.556. The molecule has 0 amide bonds. The van der Waals surface area contributed by atoms with E-state index in [1.807, 2.05) is 0 Å². The Balaban J connectivity index is 1.98. The molecule has 2 rings (SSSR count). The Hall–Kier alpha value is -1.36. The molecule has 3 N–H and O–H groups in total. The van der Waals surface area contributed by atoms with Crippen LogP contribution in [0.3, 0.4) is 0 Å². The van der Waals surface area contributed by atoms with Crippen LogP contribution < -0.4 is 5.32 Å². The van der Waals surface area contributed by atoms with Gasteiger partial charge in [0.15, 0.2) is 5.69 Å². The number of carbonyl (C=O) groups is 1. The van der Waals surface area contributed by atoms with Crippen molar-refractivity contribution in [3.63, 3.8) is 0 Å². The van der Waals surface area contributed by atoms with Gasteiger partial charge >= 0.3 is 5.97 Å². The zero-order valence-corrected chi connectivity index (χ0v) is 7.79.